The number of alkyl halides is 1. The van der Waals surface area contributed by atoms with Gasteiger partial charge >= 0.3 is 6.09 Å². The van der Waals surface area contributed by atoms with Crippen molar-refractivity contribution in [2.45, 2.75) is 45.0 Å². The number of piperidine rings is 1. The van der Waals surface area contributed by atoms with Crippen LogP contribution in [0, 0.1) is 0 Å². The molecule has 3 N–H and O–H groups in total. The highest BCUT2D eigenvalue weighted by Gasteiger charge is 2.31. The Labute approximate surface area is 129 Å². The molecule has 2 rings (SSSR count). The zero-order valence-electron chi connectivity index (χ0n) is 13.2. The molecular formula is C15H23FN4O2. The third-order valence-corrected chi connectivity index (χ3v) is 3.38. The first-order chi connectivity index (χ1) is 10.2. The predicted octanol–water partition coefficient (Wildman–Crippen LogP) is 2.11. The van der Waals surface area contributed by atoms with E-state index in [4.69, 9.17) is 10.5 Å². The molecule has 1 aromatic heterocycles. The standard InChI is InChI=1S/C15H23FN4O2/c1-15(2,3)22-14(21)19-12-6-7-20(9-11(12)16)10-4-5-13(17)18-8-10/h4-5,8,11-12H,6-7,9H2,1-3H3,(H2,17,18)(H,19,21)/t11-,12-/m0/s1. The SMILES string of the molecule is CC(C)(C)OC(=O)N[C@H]1CCN(c2ccc(N)nc2)C[C@@H]1F. The number of hydrogen-bond acceptors (Lipinski definition) is 5. The second kappa shape index (κ2) is 6.37. The summed E-state index contributed by atoms with van der Waals surface area (Å²) in [7, 11) is 0. The Morgan fingerprint density at radius 1 is 1.50 bits per heavy atom. The fourth-order valence-corrected chi connectivity index (χ4v) is 2.35. The lowest BCUT2D eigenvalue weighted by Crippen LogP contribution is -2.53. The summed E-state index contributed by atoms with van der Waals surface area (Å²) in [6, 6.07) is 2.97. The molecule has 22 heavy (non-hydrogen) atoms. The van der Waals surface area contributed by atoms with Crippen LogP contribution in [0.2, 0.25) is 0 Å². The van der Waals surface area contributed by atoms with Crippen LogP contribution in [-0.4, -0.2) is 42.0 Å². The van der Waals surface area contributed by atoms with Crippen LogP contribution in [0.1, 0.15) is 27.2 Å². The highest BCUT2D eigenvalue weighted by atomic mass is 19.1. The molecule has 1 saturated heterocycles. The van der Waals surface area contributed by atoms with E-state index in [1.165, 1.54) is 0 Å². The van der Waals surface area contributed by atoms with Gasteiger partial charge in [-0.05, 0) is 39.3 Å². The molecule has 0 spiro atoms. The van der Waals surface area contributed by atoms with Gasteiger partial charge < -0.3 is 20.7 Å². The molecule has 7 heteroatoms. The van der Waals surface area contributed by atoms with Crippen LogP contribution in [0.15, 0.2) is 18.3 Å². The van der Waals surface area contributed by atoms with E-state index >= 15 is 0 Å². The van der Waals surface area contributed by atoms with Gasteiger partial charge in [0.2, 0.25) is 0 Å². The Hall–Kier alpha value is -2.05. The molecule has 0 aromatic carbocycles. The van der Waals surface area contributed by atoms with Crippen molar-refractivity contribution in [1.29, 1.82) is 0 Å². The summed E-state index contributed by atoms with van der Waals surface area (Å²) in [5.41, 5.74) is 5.78. The molecule has 0 saturated carbocycles. The zero-order chi connectivity index (χ0) is 16.3. The van der Waals surface area contributed by atoms with E-state index in [0.717, 1.165) is 5.69 Å². The van der Waals surface area contributed by atoms with Gasteiger partial charge in [0.25, 0.3) is 0 Å². The van der Waals surface area contributed by atoms with Crippen LogP contribution in [0.4, 0.5) is 20.7 Å². The minimum absolute atomic E-state index is 0.200. The van der Waals surface area contributed by atoms with Crippen molar-refractivity contribution < 1.29 is 13.9 Å². The van der Waals surface area contributed by atoms with E-state index in [-0.39, 0.29) is 6.54 Å². The number of hydrogen-bond donors (Lipinski definition) is 2. The molecule has 1 fully saturated rings. The lowest BCUT2D eigenvalue weighted by molar-refractivity contribution is 0.0463. The van der Waals surface area contributed by atoms with Gasteiger partial charge in [-0.25, -0.2) is 14.2 Å². The molecule has 1 aromatic rings. The fraction of sp³-hybridized carbons (Fsp3) is 0.600. The number of amides is 1. The Bertz CT molecular complexity index is 515. The minimum atomic E-state index is -1.17. The number of carbonyl (C=O) groups is 1. The van der Waals surface area contributed by atoms with Gasteiger partial charge in [-0.1, -0.05) is 0 Å². The van der Waals surface area contributed by atoms with Crippen molar-refractivity contribution >= 4 is 17.6 Å². The smallest absolute Gasteiger partial charge is 0.407 e. The molecule has 1 aliphatic heterocycles. The Kier molecular flexibility index (Phi) is 4.73. The molecule has 0 aliphatic carbocycles. The number of anilines is 2. The first kappa shape index (κ1) is 16.3. The number of carbonyl (C=O) groups excluding carboxylic acids is 1. The molecule has 2 atom stereocenters. The zero-order valence-corrected chi connectivity index (χ0v) is 13.2. The number of aromatic nitrogens is 1. The summed E-state index contributed by atoms with van der Waals surface area (Å²) < 4.78 is 19.5. The Morgan fingerprint density at radius 3 is 2.77 bits per heavy atom. The third-order valence-electron chi connectivity index (χ3n) is 3.38. The quantitative estimate of drug-likeness (QED) is 0.874. The van der Waals surface area contributed by atoms with Crippen LogP contribution < -0.4 is 16.0 Å². The van der Waals surface area contributed by atoms with Gasteiger partial charge in [0.05, 0.1) is 24.5 Å². The highest BCUT2D eigenvalue weighted by molar-refractivity contribution is 5.68. The lowest BCUT2D eigenvalue weighted by atomic mass is 10.0. The summed E-state index contributed by atoms with van der Waals surface area (Å²) in [4.78, 5) is 17.6. The van der Waals surface area contributed by atoms with Crippen molar-refractivity contribution in [3.05, 3.63) is 18.3 Å². The molecule has 1 aliphatic rings. The van der Waals surface area contributed by atoms with Gasteiger partial charge in [-0.15, -0.1) is 0 Å². The lowest BCUT2D eigenvalue weighted by Gasteiger charge is -2.36. The van der Waals surface area contributed by atoms with E-state index in [1.807, 2.05) is 11.0 Å². The van der Waals surface area contributed by atoms with E-state index in [2.05, 4.69) is 10.3 Å². The van der Waals surface area contributed by atoms with Crippen LogP contribution in [-0.2, 0) is 4.74 Å². The predicted molar refractivity (Wildman–Crippen MR) is 83.5 cm³/mol. The molecule has 1 amide bonds. The van der Waals surface area contributed by atoms with Crippen molar-refractivity contribution in [3.8, 4) is 0 Å². The number of alkyl carbamates (subject to hydrolysis) is 1. The molecule has 0 bridgehead atoms. The normalized spacial score (nSPS) is 22.3. The number of rotatable bonds is 2. The van der Waals surface area contributed by atoms with Crippen molar-refractivity contribution in [2.75, 3.05) is 23.7 Å². The van der Waals surface area contributed by atoms with Crippen LogP contribution in [0.5, 0.6) is 0 Å². The fourth-order valence-electron chi connectivity index (χ4n) is 2.35. The van der Waals surface area contributed by atoms with E-state index in [0.29, 0.717) is 18.8 Å². The number of nitrogen functional groups attached to an aromatic ring is 1. The topological polar surface area (TPSA) is 80.5 Å². The summed E-state index contributed by atoms with van der Waals surface area (Å²) in [5.74, 6) is 0.432. The van der Waals surface area contributed by atoms with Crippen LogP contribution in [0.3, 0.4) is 0 Å². The number of nitrogens with two attached hydrogens (primary N) is 1. The maximum absolute atomic E-state index is 14.3. The minimum Gasteiger partial charge on any atom is -0.444 e. The monoisotopic (exact) mass is 310 g/mol. The maximum Gasteiger partial charge on any atom is 0.407 e. The van der Waals surface area contributed by atoms with Crippen molar-refractivity contribution in [2.24, 2.45) is 0 Å². The third kappa shape index (κ3) is 4.47. The van der Waals surface area contributed by atoms with Crippen molar-refractivity contribution in [3.63, 3.8) is 0 Å². The van der Waals surface area contributed by atoms with E-state index < -0.39 is 23.9 Å². The molecular weight excluding hydrogens is 287 g/mol. The van der Waals surface area contributed by atoms with Gasteiger partial charge in [0.1, 0.15) is 17.6 Å². The van der Waals surface area contributed by atoms with Gasteiger partial charge in [-0.2, -0.15) is 0 Å². The van der Waals surface area contributed by atoms with Gasteiger partial charge in [0.15, 0.2) is 0 Å². The number of halogens is 1. The van der Waals surface area contributed by atoms with Gasteiger partial charge in [-0.3, -0.25) is 0 Å². The Balaban J connectivity index is 1.90. The largest absolute Gasteiger partial charge is 0.444 e. The van der Waals surface area contributed by atoms with E-state index in [1.54, 1.807) is 33.0 Å². The first-order valence-electron chi connectivity index (χ1n) is 7.34. The summed E-state index contributed by atoms with van der Waals surface area (Å²) in [6.45, 7) is 6.15. The summed E-state index contributed by atoms with van der Waals surface area (Å²) in [6.07, 6.45) is 0.385. The molecule has 2 heterocycles. The van der Waals surface area contributed by atoms with Crippen molar-refractivity contribution in [1.82, 2.24) is 10.3 Å². The molecule has 0 radical (unpaired) electrons. The molecule has 6 nitrogen and oxygen atoms in total. The second-order valence-electron chi connectivity index (χ2n) is 6.44. The number of pyridine rings is 1. The Morgan fingerprint density at radius 2 is 2.23 bits per heavy atom. The van der Waals surface area contributed by atoms with Crippen LogP contribution in [0.25, 0.3) is 0 Å². The maximum atomic E-state index is 14.3. The van der Waals surface area contributed by atoms with Crippen LogP contribution >= 0.6 is 0 Å². The van der Waals surface area contributed by atoms with E-state index in [9.17, 15) is 9.18 Å². The summed E-state index contributed by atoms with van der Waals surface area (Å²) >= 11 is 0. The average Bonchev–Trinajstić information content (AvgIpc) is 2.40. The molecule has 122 valence electrons. The number of nitrogens with one attached hydrogen (secondary N) is 1. The highest BCUT2D eigenvalue weighted by Crippen LogP contribution is 2.22. The number of nitrogens with zero attached hydrogens (tertiary/aromatic N) is 2. The average molecular weight is 310 g/mol. The van der Waals surface area contributed by atoms with Gasteiger partial charge in [0, 0.05) is 6.54 Å². The molecule has 0 unspecified atom stereocenters. The second-order valence-corrected chi connectivity index (χ2v) is 6.44. The first-order valence-corrected chi connectivity index (χ1v) is 7.34. The number of ether oxygens (including phenoxy) is 1. The summed E-state index contributed by atoms with van der Waals surface area (Å²) in [5, 5.41) is 2.61.